The van der Waals surface area contributed by atoms with E-state index in [9.17, 15) is 18.0 Å². The van der Waals surface area contributed by atoms with Crippen LogP contribution in [0.1, 0.15) is 15.4 Å². The van der Waals surface area contributed by atoms with Crippen molar-refractivity contribution in [3.63, 3.8) is 0 Å². The Balaban J connectivity index is 1.78. The summed E-state index contributed by atoms with van der Waals surface area (Å²) in [5.41, 5.74) is -0.567. The Kier molecular flexibility index (Phi) is 4.56. The van der Waals surface area contributed by atoms with E-state index in [-0.39, 0.29) is 20.9 Å². The first-order valence-corrected chi connectivity index (χ1v) is 9.10. The summed E-state index contributed by atoms with van der Waals surface area (Å²) in [6.45, 7) is 0. The summed E-state index contributed by atoms with van der Waals surface area (Å²) in [7, 11) is 0. The Morgan fingerprint density at radius 1 is 1.14 bits per heavy atom. The van der Waals surface area contributed by atoms with Gasteiger partial charge in [0.25, 0.3) is 5.91 Å². The lowest BCUT2D eigenvalue weighted by molar-refractivity contribution is -0.140. The number of anilines is 1. The maximum atomic E-state index is 13.4. The van der Waals surface area contributed by atoms with E-state index >= 15 is 0 Å². The van der Waals surface area contributed by atoms with Gasteiger partial charge in [0.05, 0.1) is 15.6 Å². The molecule has 0 aliphatic heterocycles. The monoisotopic (exact) mass is 422 g/mol. The van der Waals surface area contributed by atoms with Crippen LogP contribution in [0, 0.1) is 0 Å². The molecule has 142 valence electrons. The second-order valence-electron chi connectivity index (χ2n) is 5.74. The van der Waals surface area contributed by atoms with Gasteiger partial charge in [-0.25, -0.2) is 9.67 Å². The third-order valence-electron chi connectivity index (χ3n) is 3.82. The molecule has 0 bridgehead atoms. The van der Waals surface area contributed by atoms with Crippen LogP contribution in [-0.2, 0) is 6.18 Å². The number of halogens is 4. The maximum absolute atomic E-state index is 13.4. The largest absolute Gasteiger partial charge is 0.435 e. The Morgan fingerprint density at radius 2 is 1.89 bits per heavy atom. The van der Waals surface area contributed by atoms with Gasteiger partial charge in [-0.1, -0.05) is 29.8 Å². The molecule has 0 atom stereocenters. The van der Waals surface area contributed by atoms with E-state index in [0.29, 0.717) is 10.7 Å². The highest BCUT2D eigenvalue weighted by atomic mass is 35.5. The van der Waals surface area contributed by atoms with Crippen molar-refractivity contribution in [1.29, 1.82) is 0 Å². The number of para-hydroxylation sites is 1. The van der Waals surface area contributed by atoms with E-state index in [1.54, 1.807) is 36.4 Å². The van der Waals surface area contributed by atoms with Gasteiger partial charge in [0.2, 0.25) is 0 Å². The smallest absolute Gasteiger partial charge is 0.306 e. The van der Waals surface area contributed by atoms with Gasteiger partial charge >= 0.3 is 6.18 Å². The highest BCUT2D eigenvalue weighted by molar-refractivity contribution is 7.20. The molecule has 0 spiro atoms. The summed E-state index contributed by atoms with van der Waals surface area (Å²) in [5.74, 6) is -0.323. The Labute approximate surface area is 165 Å². The predicted molar refractivity (Wildman–Crippen MR) is 101 cm³/mol. The third-order valence-corrected chi connectivity index (χ3v) is 5.15. The van der Waals surface area contributed by atoms with Gasteiger partial charge in [-0.05, 0) is 30.3 Å². The number of benzene rings is 1. The summed E-state index contributed by atoms with van der Waals surface area (Å²) in [6.07, 6.45) is -3.29. The molecular weight excluding hydrogens is 413 g/mol. The number of pyridine rings is 1. The third kappa shape index (κ3) is 3.46. The van der Waals surface area contributed by atoms with Crippen molar-refractivity contribution in [3.8, 4) is 5.69 Å². The van der Waals surface area contributed by atoms with Gasteiger partial charge in [-0.2, -0.15) is 18.3 Å². The van der Waals surface area contributed by atoms with E-state index in [0.717, 1.165) is 11.3 Å². The zero-order chi connectivity index (χ0) is 19.9. The van der Waals surface area contributed by atoms with Gasteiger partial charge in [0.15, 0.2) is 5.69 Å². The van der Waals surface area contributed by atoms with E-state index < -0.39 is 17.8 Å². The molecule has 0 radical (unpaired) electrons. The molecule has 28 heavy (non-hydrogen) atoms. The van der Waals surface area contributed by atoms with Crippen LogP contribution >= 0.6 is 22.9 Å². The lowest BCUT2D eigenvalue weighted by Crippen LogP contribution is -2.11. The van der Waals surface area contributed by atoms with Gasteiger partial charge in [0.1, 0.15) is 10.6 Å². The molecule has 3 aromatic heterocycles. The SMILES string of the molecule is O=C(Nc1ccc(Cl)cn1)c1cc2c(C(F)(F)F)nn(-c3ccccc3)c2s1. The van der Waals surface area contributed by atoms with Crippen LogP contribution in [0.4, 0.5) is 19.0 Å². The number of nitrogens with one attached hydrogen (secondary N) is 1. The number of rotatable bonds is 3. The average molecular weight is 423 g/mol. The molecule has 1 amide bonds. The molecule has 3 heterocycles. The highest BCUT2D eigenvalue weighted by Crippen LogP contribution is 2.39. The quantitative estimate of drug-likeness (QED) is 0.480. The fourth-order valence-electron chi connectivity index (χ4n) is 2.60. The van der Waals surface area contributed by atoms with E-state index in [1.807, 2.05) is 0 Å². The first kappa shape index (κ1) is 18.5. The lowest BCUT2D eigenvalue weighted by Gasteiger charge is -2.04. The summed E-state index contributed by atoms with van der Waals surface area (Å²) >= 11 is 6.67. The number of amides is 1. The number of aromatic nitrogens is 3. The number of hydrogen-bond acceptors (Lipinski definition) is 4. The van der Waals surface area contributed by atoms with Crippen molar-refractivity contribution < 1.29 is 18.0 Å². The number of alkyl halides is 3. The minimum Gasteiger partial charge on any atom is -0.306 e. The van der Waals surface area contributed by atoms with Crippen molar-refractivity contribution in [2.24, 2.45) is 0 Å². The van der Waals surface area contributed by atoms with Crippen LogP contribution < -0.4 is 5.32 Å². The van der Waals surface area contributed by atoms with Crippen molar-refractivity contribution in [1.82, 2.24) is 14.8 Å². The van der Waals surface area contributed by atoms with E-state index in [2.05, 4.69) is 15.4 Å². The number of nitrogens with zero attached hydrogens (tertiary/aromatic N) is 3. The topological polar surface area (TPSA) is 59.8 Å². The maximum Gasteiger partial charge on any atom is 0.435 e. The fourth-order valence-corrected chi connectivity index (χ4v) is 3.74. The molecule has 0 aliphatic rings. The molecule has 0 unspecified atom stereocenters. The van der Waals surface area contributed by atoms with E-state index in [1.165, 1.54) is 23.0 Å². The number of carbonyl (C=O) groups excluding carboxylic acids is 1. The minimum absolute atomic E-state index is 0.110. The fraction of sp³-hybridized carbons (Fsp3) is 0.0556. The lowest BCUT2D eigenvalue weighted by atomic mass is 10.2. The first-order valence-electron chi connectivity index (χ1n) is 7.91. The van der Waals surface area contributed by atoms with Crippen LogP contribution in [0.15, 0.2) is 54.7 Å². The Hall–Kier alpha value is -2.91. The summed E-state index contributed by atoms with van der Waals surface area (Å²) in [5, 5.41) is 6.54. The molecular formula is C18H10ClF3N4OS. The zero-order valence-electron chi connectivity index (χ0n) is 13.9. The van der Waals surface area contributed by atoms with Crippen LogP contribution in [0.2, 0.25) is 5.02 Å². The van der Waals surface area contributed by atoms with Crippen molar-refractivity contribution in [2.75, 3.05) is 5.32 Å². The van der Waals surface area contributed by atoms with Crippen LogP contribution in [0.3, 0.4) is 0 Å². The summed E-state index contributed by atoms with van der Waals surface area (Å²) < 4.78 is 41.5. The standard InChI is InChI=1S/C18H10ClF3N4OS/c19-10-6-7-14(23-9-10)24-16(27)13-8-12-15(18(20,21)22)25-26(17(12)28-13)11-4-2-1-3-5-11/h1-9H,(H,23,24,27). The molecule has 1 N–H and O–H groups in total. The van der Waals surface area contributed by atoms with Crippen molar-refractivity contribution in [2.45, 2.75) is 6.18 Å². The van der Waals surface area contributed by atoms with Crippen molar-refractivity contribution >= 4 is 44.9 Å². The molecule has 10 heteroatoms. The predicted octanol–water partition coefficient (Wildman–Crippen LogP) is 5.41. The molecule has 1 aromatic carbocycles. The number of thiophene rings is 1. The molecule has 0 saturated carbocycles. The number of fused-ring (bicyclic) bond motifs is 1. The molecule has 4 rings (SSSR count). The first-order chi connectivity index (χ1) is 13.3. The van der Waals surface area contributed by atoms with Crippen LogP contribution in [0.25, 0.3) is 15.9 Å². The second-order valence-corrected chi connectivity index (χ2v) is 7.21. The number of carbonyl (C=O) groups is 1. The molecule has 0 aliphatic carbocycles. The minimum atomic E-state index is -4.65. The summed E-state index contributed by atoms with van der Waals surface area (Å²) in [4.78, 5) is 16.8. The normalized spacial score (nSPS) is 11.7. The van der Waals surface area contributed by atoms with Crippen LogP contribution in [0.5, 0.6) is 0 Å². The highest BCUT2D eigenvalue weighted by Gasteiger charge is 2.38. The van der Waals surface area contributed by atoms with Gasteiger partial charge in [0, 0.05) is 11.6 Å². The van der Waals surface area contributed by atoms with E-state index in [4.69, 9.17) is 11.6 Å². The molecule has 4 aromatic rings. The van der Waals surface area contributed by atoms with Crippen LogP contribution in [-0.4, -0.2) is 20.7 Å². The number of hydrogen-bond donors (Lipinski definition) is 1. The van der Waals surface area contributed by atoms with Gasteiger partial charge < -0.3 is 5.32 Å². The zero-order valence-corrected chi connectivity index (χ0v) is 15.4. The molecule has 0 saturated heterocycles. The average Bonchev–Trinajstić information content (AvgIpc) is 3.23. The van der Waals surface area contributed by atoms with Gasteiger partial charge in [-0.15, -0.1) is 11.3 Å². The summed E-state index contributed by atoms with van der Waals surface area (Å²) in [6, 6.07) is 12.7. The van der Waals surface area contributed by atoms with Gasteiger partial charge in [-0.3, -0.25) is 4.79 Å². The molecule has 0 fully saturated rings. The van der Waals surface area contributed by atoms with Crippen molar-refractivity contribution in [3.05, 3.63) is 70.3 Å². The molecule has 5 nitrogen and oxygen atoms in total. The Morgan fingerprint density at radius 3 is 2.54 bits per heavy atom. The Bertz CT molecular complexity index is 1150. The second kappa shape index (κ2) is 6.92.